The number of ether oxygens (including phenoxy) is 1. The monoisotopic (exact) mass is 190 g/mol. The molecule has 0 amide bonds. The summed E-state index contributed by atoms with van der Waals surface area (Å²) in [6.07, 6.45) is 4.69. The molecule has 1 N–H and O–H groups in total. The standard InChI is InChI=1S/C11H10O3/c1-2-5-13-8-3-4-9-10(12)7-14-11(9)6-8/h2-7,12H,1H3. The highest BCUT2D eigenvalue weighted by Crippen LogP contribution is 2.29. The van der Waals surface area contributed by atoms with Gasteiger partial charge in [-0.15, -0.1) is 0 Å². The number of aromatic hydroxyl groups is 1. The number of benzene rings is 1. The molecule has 1 heterocycles. The van der Waals surface area contributed by atoms with Crippen molar-refractivity contribution in [2.45, 2.75) is 6.92 Å². The molecule has 2 aromatic rings. The van der Waals surface area contributed by atoms with Crippen LogP contribution in [0.1, 0.15) is 6.92 Å². The Morgan fingerprint density at radius 2 is 2.29 bits per heavy atom. The second-order valence-corrected chi connectivity index (χ2v) is 2.87. The molecule has 72 valence electrons. The van der Waals surface area contributed by atoms with E-state index in [-0.39, 0.29) is 5.75 Å². The number of allylic oxidation sites excluding steroid dienone is 1. The zero-order valence-electron chi connectivity index (χ0n) is 7.73. The Bertz CT molecular complexity index is 468. The van der Waals surface area contributed by atoms with Crippen LogP contribution in [0.25, 0.3) is 11.0 Å². The average Bonchev–Trinajstić information content (AvgIpc) is 2.57. The average molecular weight is 190 g/mol. The minimum Gasteiger partial charge on any atom is -0.504 e. The quantitative estimate of drug-likeness (QED) is 0.740. The van der Waals surface area contributed by atoms with Crippen LogP contribution in [0, 0.1) is 0 Å². The van der Waals surface area contributed by atoms with Crippen molar-refractivity contribution in [2.75, 3.05) is 0 Å². The summed E-state index contributed by atoms with van der Waals surface area (Å²) in [5, 5.41) is 10.0. The van der Waals surface area contributed by atoms with Crippen LogP contribution >= 0.6 is 0 Å². The third-order valence-corrected chi connectivity index (χ3v) is 1.87. The summed E-state index contributed by atoms with van der Waals surface area (Å²) in [7, 11) is 0. The summed E-state index contributed by atoms with van der Waals surface area (Å²) in [6, 6.07) is 5.26. The second-order valence-electron chi connectivity index (χ2n) is 2.87. The molecule has 14 heavy (non-hydrogen) atoms. The van der Waals surface area contributed by atoms with Crippen molar-refractivity contribution in [3.05, 3.63) is 36.8 Å². The molecular formula is C11H10O3. The maximum absolute atomic E-state index is 9.33. The van der Waals surface area contributed by atoms with Crippen LogP contribution in [0.15, 0.2) is 41.2 Å². The van der Waals surface area contributed by atoms with Gasteiger partial charge in [-0.05, 0) is 19.1 Å². The molecule has 0 aliphatic carbocycles. The number of hydrogen-bond donors (Lipinski definition) is 1. The molecule has 1 aromatic carbocycles. The molecule has 0 radical (unpaired) electrons. The van der Waals surface area contributed by atoms with E-state index in [0.29, 0.717) is 16.7 Å². The van der Waals surface area contributed by atoms with E-state index in [1.807, 2.05) is 6.92 Å². The second kappa shape index (κ2) is 3.46. The predicted molar refractivity (Wildman–Crippen MR) is 53.3 cm³/mol. The van der Waals surface area contributed by atoms with Gasteiger partial charge in [-0.25, -0.2) is 0 Å². The van der Waals surface area contributed by atoms with Crippen molar-refractivity contribution in [1.82, 2.24) is 0 Å². The summed E-state index contributed by atoms with van der Waals surface area (Å²) >= 11 is 0. The first-order valence-electron chi connectivity index (χ1n) is 4.29. The third kappa shape index (κ3) is 1.44. The van der Waals surface area contributed by atoms with Crippen molar-refractivity contribution in [3.8, 4) is 11.5 Å². The van der Waals surface area contributed by atoms with Crippen molar-refractivity contribution >= 4 is 11.0 Å². The SMILES string of the molecule is CC=COc1ccc2c(O)coc2c1. The van der Waals surface area contributed by atoms with E-state index < -0.39 is 0 Å². The van der Waals surface area contributed by atoms with Crippen LogP contribution in [0.5, 0.6) is 11.5 Å². The van der Waals surface area contributed by atoms with Crippen LogP contribution in [0.2, 0.25) is 0 Å². The smallest absolute Gasteiger partial charge is 0.161 e. The van der Waals surface area contributed by atoms with E-state index >= 15 is 0 Å². The van der Waals surface area contributed by atoms with Gasteiger partial charge in [0.15, 0.2) is 5.75 Å². The lowest BCUT2D eigenvalue weighted by atomic mass is 10.2. The number of fused-ring (bicyclic) bond motifs is 1. The Morgan fingerprint density at radius 3 is 3.07 bits per heavy atom. The van der Waals surface area contributed by atoms with Gasteiger partial charge >= 0.3 is 0 Å². The van der Waals surface area contributed by atoms with E-state index in [1.54, 1.807) is 30.5 Å². The van der Waals surface area contributed by atoms with Gasteiger partial charge < -0.3 is 14.3 Å². The Morgan fingerprint density at radius 1 is 1.43 bits per heavy atom. The van der Waals surface area contributed by atoms with Crippen LogP contribution in [-0.2, 0) is 0 Å². The topological polar surface area (TPSA) is 42.6 Å². The lowest BCUT2D eigenvalue weighted by molar-refractivity contribution is 0.464. The molecule has 0 spiro atoms. The van der Waals surface area contributed by atoms with Crippen molar-refractivity contribution in [1.29, 1.82) is 0 Å². The molecule has 1 aromatic heterocycles. The van der Waals surface area contributed by atoms with Crippen LogP contribution in [0.4, 0.5) is 0 Å². The fraction of sp³-hybridized carbons (Fsp3) is 0.0909. The normalized spacial score (nSPS) is 11.2. The fourth-order valence-electron chi connectivity index (χ4n) is 1.21. The highest BCUT2D eigenvalue weighted by Gasteiger charge is 2.04. The summed E-state index contributed by atoms with van der Waals surface area (Å²) in [5.74, 6) is 0.836. The first-order valence-corrected chi connectivity index (χ1v) is 4.29. The third-order valence-electron chi connectivity index (χ3n) is 1.87. The van der Waals surface area contributed by atoms with Crippen LogP contribution in [-0.4, -0.2) is 5.11 Å². The van der Waals surface area contributed by atoms with Crippen molar-refractivity contribution < 1.29 is 14.3 Å². The molecule has 2 rings (SSSR count). The van der Waals surface area contributed by atoms with E-state index in [1.165, 1.54) is 6.26 Å². The zero-order chi connectivity index (χ0) is 9.97. The van der Waals surface area contributed by atoms with E-state index in [0.717, 1.165) is 0 Å². The predicted octanol–water partition coefficient (Wildman–Crippen LogP) is 3.05. The zero-order valence-corrected chi connectivity index (χ0v) is 7.73. The van der Waals surface area contributed by atoms with Gasteiger partial charge in [-0.1, -0.05) is 6.08 Å². The lowest BCUT2D eigenvalue weighted by Gasteiger charge is -1.98. The largest absolute Gasteiger partial charge is 0.504 e. The van der Waals surface area contributed by atoms with Gasteiger partial charge in [0.25, 0.3) is 0 Å². The van der Waals surface area contributed by atoms with Crippen molar-refractivity contribution in [2.24, 2.45) is 0 Å². The Labute approximate surface area is 81.2 Å². The van der Waals surface area contributed by atoms with Gasteiger partial charge in [-0.2, -0.15) is 0 Å². The first kappa shape index (κ1) is 8.69. The van der Waals surface area contributed by atoms with Gasteiger partial charge in [-0.3, -0.25) is 0 Å². The highest BCUT2D eigenvalue weighted by molar-refractivity contribution is 5.84. The molecule has 3 nitrogen and oxygen atoms in total. The van der Waals surface area contributed by atoms with Crippen LogP contribution < -0.4 is 4.74 Å². The van der Waals surface area contributed by atoms with Gasteiger partial charge in [0, 0.05) is 6.07 Å². The summed E-state index contributed by atoms with van der Waals surface area (Å²) < 4.78 is 10.4. The molecule has 0 atom stereocenters. The van der Waals surface area contributed by atoms with Gasteiger partial charge in [0.2, 0.25) is 0 Å². The molecular weight excluding hydrogens is 180 g/mol. The number of rotatable bonds is 2. The van der Waals surface area contributed by atoms with Crippen molar-refractivity contribution in [3.63, 3.8) is 0 Å². The molecule has 0 saturated heterocycles. The highest BCUT2D eigenvalue weighted by atomic mass is 16.5. The molecule has 0 unspecified atom stereocenters. The molecule has 0 bridgehead atoms. The van der Waals surface area contributed by atoms with Gasteiger partial charge in [0.1, 0.15) is 17.6 Å². The van der Waals surface area contributed by atoms with E-state index in [2.05, 4.69) is 0 Å². The Kier molecular flexibility index (Phi) is 2.14. The molecule has 0 aliphatic heterocycles. The lowest BCUT2D eigenvalue weighted by Crippen LogP contribution is -1.79. The number of hydrogen-bond acceptors (Lipinski definition) is 3. The maximum atomic E-state index is 9.33. The molecule has 0 saturated carbocycles. The maximum Gasteiger partial charge on any atom is 0.161 e. The number of furan rings is 1. The first-order chi connectivity index (χ1) is 6.81. The Hall–Kier alpha value is -1.90. The summed E-state index contributed by atoms with van der Waals surface area (Å²) in [6.45, 7) is 1.87. The minimum absolute atomic E-state index is 0.151. The summed E-state index contributed by atoms with van der Waals surface area (Å²) in [4.78, 5) is 0. The molecule has 0 fully saturated rings. The Balaban J connectivity index is 2.41. The van der Waals surface area contributed by atoms with Gasteiger partial charge in [0.05, 0.1) is 11.6 Å². The summed E-state index contributed by atoms with van der Waals surface area (Å²) in [5.41, 5.74) is 0.615. The molecule has 3 heteroatoms. The van der Waals surface area contributed by atoms with E-state index in [9.17, 15) is 5.11 Å². The minimum atomic E-state index is 0.151. The molecule has 0 aliphatic rings. The fourth-order valence-corrected chi connectivity index (χ4v) is 1.21. The van der Waals surface area contributed by atoms with Crippen LogP contribution in [0.3, 0.4) is 0 Å². The van der Waals surface area contributed by atoms with E-state index in [4.69, 9.17) is 9.15 Å².